The van der Waals surface area contributed by atoms with Crippen molar-refractivity contribution in [3.8, 4) is 28.4 Å². The van der Waals surface area contributed by atoms with Crippen LogP contribution in [0, 0.1) is 11.8 Å². The molecule has 0 amide bonds. The van der Waals surface area contributed by atoms with Gasteiger partial charge in [0, 0.05) is 58.1 Å². The number of hydrogen-bond acceptors (Lipinski definition) is 6. The summed E-state index contributed by atoms with van der Waals surface area (Å²) in [4.78, 5) is 3.27. The Morgan fingerprint density at radius 1 is 0.737 bits per heavy atom. The molecule has 5 aliphatic rings. The van der Waals surface area contributed by atoms with E-state index < -0.39 is 5.60 Å². The Bertz CT molecular complexity index is 2340. The van der Waals surface area contributed by atoms with E-state index >= 15 is 0 Å². The van der Waals surface area contributed by atoms with Crippen molar-refractivity contribution in [2.45, 2.75) is 93.5 Å². The lowest BCUT2D eigenvalue weighted by Gasteiger charge is -2.40. The van der Waals surface area contributed by atoms with Crippen molar-refractivity contribution in [1.82, 2.24) is 0 Å². The van der Waals surface area contributed by atoms with E-state index in [0.29, 0.717) is 11.8 Å². The number of benzene rings is 5. The standard InChI is InChI=1S/C51H55NO4S/c1-33(2)51(34(3)4)55-44-31-41-42(32-45(44)57-51)48-40(47-46(41)39-13-9-10-14-43(39)49(47)24-11-7-6-8-12-25-49)23-26-50(56-48,36-17-21-38(53-5)22-18-36)35-15-19-37(20-16-35)52-27-29-54-30-28-52/h9-10,13-23,26,31-34H,6-8,11-12,24-25,27-30H2,1-5H3. The Morgan fingerprint density at radius 2 is 1.40 bits per heavy atom. The molecule has 1 saturated heterocycles. The molecule has 2 aliphatic carbocycles. The largest absolute Gasteiger partial charge is 0.497 e. The zero-order valence-electron chi connectivity index (χ0n) is 34.2. The molecule has 0 bridgehead atoms. The molecule has 6 heteroatoms. The minimum absolute atomic E-state index is 0.0769. The molecule has 1 saturated carbocycles. The maximum atomic E-state index is 7.87. The molecule has 0 radical (unpaired) electrons. The quantitative estimate of drug-likeness (QED) is 0.171. The van der Waals surface area contributed by atoms with Crippen molar-refractivity contribution in [3.63, 3.8) is 0 Å². The predicted octanol–water partition coefficient (Wildman–Crippen LogP) is 12.5. The van der Waals surface area contributed by atoms with Gasteiger partial charge in [-0.05, 0) is 83.0 Å². The second kappa shape index (κ2) is 14.2. The average Bonchev–Trinajstić information content (AvgIpc) is 3.77. The maximum Gasteiger partial charge on any atom is 0.178 e. The smallest absolute Gasteiger partial charge is 0.178 e. The van der Waals surface area contributed by atoms with E-state index in [0.717, 1.165) is 72.9 Å². The molecule has 10 rings (SSSR count). The van der Waals surface area contributed by atoms with Gasteiger partial charge in [0.05, 0.1) is 25.2 Å². The van der Waals surface area contributed by atoms with Gasteiger partial charge in [-0.25, -0.2) is 0 Å². The molecule has 2 fully saturated rings. The Morgan fingerprint density at radius 3 is 2.09 bits per heavy atom. The van der Waals surface area contributed by atoms with Crippen LogP contribution in [0.25, 0.3) is 28.0 Å². The van der Waals surface area contributed by atoms with Crippen LogP contribution in [-0.4, -0.2) is 38.3 Å². The molecule has 0 aromatic heterocycles. The third kappa shape index (κ3) is 5.67. The van der Waals surface area contributed by atoms with Crippen LogP contribution in [-0.2, 0) is 15.8 Å². The molecule has 5 aromatic rings. The van der Waals surface area contributed by atoms with Crippen molar-refractivity contribution in [2.75, 3.05) is 38.3 Å². The van der Waals surface area contributed by atoms with Crippen LogP contribution in [0.2, 0.25) is 0 Å². The van der Waals surface area contributed by atoms with Crippen LogP contribution in [0.4, 0.5) is 5.69 Å². The van der Waals surface area contributed by atoms with Crippen LogP contribution in [0.15, 0.2) is 95.9 Å². The first-order valence-corrected chi connectivity index (χ1v) is 22.2. The summed E-state index contributed by atoms with van der Waals surface area (Å²) < 4.78 is 26.4. The van der Waals surface area contributed by atoms with Gasteiger partial charge >= 0.3 is 0 Å². The van der Waals surface area contributed by atoms with Gasteiger partial charge in [0.2, 0.25) is 0 Å². The number of fused-ring (bicyclic) bond motifs is 11. The summed E-state index contributed by atoms with van der Waals surface area (Å²) in [6, 6.07) is 31.6. The fraction of sp³-hybridized carbons (Fsp3) is 0.412. The fourth-order valence-electron chi connectivity index (χ4n) is 10.9. The van der Waals surface area contributed by atoms with E-state index in [1.165, 1.54) is 75.9 Å². The lowest BCUT2D eigenvalue weighted by molar-refractivity contribution is 0.0757. The number of rotatable bonds is 6. The minimum Gasteiger partial charge on any atom is -0.497 e. The van der Waals surface area contributed by atoms with Crippen molar-refractivity contribution in [2.24, 2.45) is 11.8 Å². The molecular weight excluding hydrogens is 723 g/mol. The van der Waals surface area contributed by atoms with Gasteiger partial charge in [-0.3, -0.25) is 0 Å². The first kappa shape index (κ1) is 36.9. The number of ether oxygens (including phenoxy) is 4. The highest BCUT2D eigenvalue weighted by atomic mass is 32.2. The fourth-order valence-corrected chi connectivity index (χ4v) is 12.2. The topological polar surface area (TPSA) is 40.2 Å². The van der Waals surface area contributed by atoms with Crippen LogP contribution in [0.5, 0.6) is 17.2 Å². The van der Waals surface area contributed by atoms with Gasteiger partial charge < -0.3 is 23.8 Å². The molecule has 3 aliphatic heterocycles. The molecule has 1 spiro atoms. The molecule has 0 N–H and O–H groups in total. The van der Waals surface area contributed by atoms with Crippen LogP contribution >= 0.6 is 11.8 Å². The summed E-state index contributed by atoms with van der Waals surface area (Å²) in [6.45, 7) is 12.5. The summed E-state index contributed by atoms with van der Waals surface area (Å²) in [6.07, 6.45) is 13.4. The van der Waals surface area contributed by atoms with Crippen molar-refractivity contribution in [1.29, 1.82) is 0 Å². The molecule has 294 valence electrons. The lowest BCUT2D eigenvalue weighted by Crippen LogP contribution is -2.40. The normalized spacial score (nSPS) is 21.7. The number of anilines is 1. The Labute approximate surface area is 342 Å². The second-order valence-corrected chi connectivity index (χ2v) is 18.8. The molecule has 5 nitrogen and oxygen atoms in total. The van der Waals surface area contributed by atoms with E-state index in [-0.39, 0.29) is 10.3 Å². The summed E-state index contributed by atoms with van der Waals surface area (Å²) in [5.74, 6) is 3.47. The van der Waals surface area contributed by atoms with E-state index in [1.54, 1.807) is 7.11 Å². The first-order valence-electron chi connectivity index (χ1n) is 21.4. The summed E-state index contributed by atoms with van der Waals surface area (Å²) >= 11 is 1.90. The molecule has 57 heavy (non-hydrogen) atoms. The van der Waals surface area contributed by atoms with Gasteiger partial charge in [0.15, 0.2) is 10.5 Å². The van der Waals surface area contributed by atoms with Crippen molar-refractivity contribution >= 4 is 34.3 Å². The molecule has 1 unspecified atom stereocenters. The number of thioether (sulfide) groups is 1. The highest BCUT2D eigenvalue weighted by molar-refractivity contribution is 8.01. The van der Waals surface area contributed by atoms with Crippen molar-refractivity contribution in [3.05, 3.63) is 119 Å². The number of morpholine rings is 1. The van der Waals surface area contributed by atoms with E-state index in [2.05, 4.69) is 130 Å². The molecular formula is C51H55NO4S. The predicted molar refractivity (Wildman–Crippen MR) is 234 cm³/mol. The van der Waals surface area contributed by atoms with Gasteiger partial charge in [-0.15, -0.1) is 0 Å². The molecule has 5 aromatic carbocycles. The average molecular weight is 778 g/mol. The van der Waals surface area contributed by atoms with E-state index in [1.807, 2.05) is 11.8 Å². The van der Waals surface area contributed by atoms with Crippen molar-refractivity contribution < 1.29 is 18.9 Å². The summed E-state index contributed by atoms with van der Waals surface area (Å²) in [5.41, 5.74) is 9.38. The zero-order chi connectivity index (χ0) is 38.9. The van der Waals surface area contributed by atoms with Gasteiger partial charge in [-0.2, -0.15) is 0 Å². The number of nitrogens with zero attached hydrogens (tertiary/aromatic N) is 1. The number of hydrogen-bond donors (Lipinski definition) is 0. The Kier molecular flexibility index (Phi) is 9.17. The molecule has 3 heterocycles. The van der Waals surface area contributed by atoms with Gasteiger partial charge in [-0.1, -0.05) is 126 Å². The van der Waals surface area contributed by atoms with Crippen LogP contribution in [0.1, 0.15) is 100 Å². The Hall–Kier alpha value is -4.39. The number of methoxy groups -OCH3 is 1. The van der Waals surface area contributed by atoms with E-state index in [9.17, 15) is 0 Å². The SMILES string of the molecule is COc1ccc(C2(c3ccc(N4CCOCC4)cc3)C=Cc3c4c(c5cc6c(cc5c3O2)SC(C(C)C)(C(C)C)O6)-c2ccccc2C42CCCCCCC2)cc1. The first-order chi connectivity index (χ1) is 27.8. The maximum absolute atomic E-state index is 7.87. The van der Waals surface area contributed by atoms with Crippen LogP contribution < -0.4 is 19.1 Å². The Balaban J connectivity index is 1.24. The van der Waals surface area contributed by atoms with Gasteiger partial charge in [0.1, 0.15) is 17.2 Å². The lowest BCUT2D eigenvalue weighted by atomic mass is 9.67. The molecule has 1 atom stereocenters. The highest BCUT2D eigenvalue weighted by Gasteiger charge is 2.50. The summed E-state index contributed by atoms with van der Waals surface area (Å²) in [5, 5.41) is 2.39. The third-order valence-electron chi connectivity index (χ3n) is 13.8. The summed E-state index contributed by atoms with van der Waals surface area (Å²) in [7, 11) is 1.73. The van der Waals surface area contributed by atoms with Gasteiger partial charge in [0.25, 0.3) is 0 Å². The monoisotopic (exact) mass is 777 g/mol. The third-order valence-corrected chi connectivity index (χ3v) is 15.7. The highest BCUT2D eigenvalue weighted by Crippen LogP contribution is 2.64. The minimum atomic E-state index is -0.869. The van der Waals surface area contributed by atoms with E-state index in [4.69, 9.17) is 18.9 Å². The second-order valence-electron chi connectivity index (χ2n) is 17.5. The van der Waals surface area contributed by atoms with Crippen LogP contribution in [0.3, 0.4) is 0 Å². The zero-order valence-corrected chi connectivity index (χ0v) is 35.0.